The van der Waals surface area contributed by atoms with Crippen LogP contribution in [0.2, 0.25) is 0 Å². The smallest absolute Gasteiger partial charge is 0.252 e. The van der Waals surface area contributed by atoms with Crippen LogP contribution in [0.25, 0.3) is 0 Å². The third kappa shape index (κ3) is 2.83. The summed E-state index contributed by atoms with van der Waals surface area (Å²) in [6.07, 6.45) is 1.75. The Hall–Kier alpha value is -0.870. The predicted molar refractivity (Wildman–Crippen MR) is 65.2 cm³/mol. The lowest BCUT2D eigenvalue weighted by Gasteiger charge is -2.11. The van der Waals surface area contributed by atoms with E-state index in [9.17, 15) is 9.90 Å². The molecule has 1 aromatic rings. The molecule has 1 aliphatic carbocycles. The highest BCUT2D eigenvalue weighted by molar-refractivity contribution is 9.10. The first-order valence-corrected chi connectivity index (χ1v) is 6.18. The third-order valence-corrected chi connectivity index (χ3v) is 3.45. The normalized spacial score (nSPS) is 16.9. The molecular weight excluding hydrogens is 270 g/mol. The number of carbonyl (C=O) groups is 1. The molecule has 1 saturated carbocycles. The Balaban J connectivity index is 1.90. The maximum atomic E-state index is 11.8. The molecule has 0 aromatic heterocycles. The fourth-order valence-corrected chi connectivity index (χ4v) is 2.05. The van der Waals surface area contributed by atoms with Gasteiger partial charge in [-0.25, -0.2) is 0 Å². The Bertz CT molecular complexity index is 390. The minimum atomic E-state index is -0.397. The summed E-state index contributed by atoms with van der Waals surface area (Å²) in [6, 6.07) is 7.26. The van der Waals surface area contributed by atoms with Crippen LogP contribution < -0.4 is 5.32 Å². The van der Waals surface area contributed by atoms with Crippen molar-refractivity contribution in [2.45, 2.75) is 18.9 Å². The number of benzene rings is 1. The summed E-state index contributed by atoms with van der Waals surface area (Å²) in [7, 11) is 0. The molecule has 0 heterocycles. The van der Waals surface area contributed by atoms with Gasteiger partial charge in [0.15, 0.2) is 0 Å². The maximum absolute atomic E-state index is 11.8. The second-order valence-corrected chi connectivity index (χ2v) is 4.95. The summed E-state index contributed by atoms with van der Waals surface area (Å²) >= 11 is 3.32. The number of hydrogen-bond acceptors (Lipinski definition) is 2. The van der Waals surface area contributed by atoms with Crippen LogP contribution in [0.4, 0.5) is 0 Å². The molecule has 1 fully saturated rings. The number of halogens is 1. The van der Waals surface area contributed by atoms with E-state index in [2.05, 4.69) is 21.2 Å². The summed E-state index contributed by atoms with van der Waals surface area (Å²) in [5.41, 5.74) is 0.602. The third-order valence-electron chi connectivity index (χ3n) is 2.76. The van der Waals surface area contributed by atoms with E-state index in [1.165, 1.54) is 0 Å². The average molecular weight is 284 g/mol. The van der Waals surface area contributed by atoms with Gasteiger partial charge in [0, 0.05) is 11.0 Å². The number of aliphatic hydroxyl groups excluding tert-OH is 1. The Kier molecular flexibility index (Phi) is 3.61. The van der Waals surface area contributed by atoms with Crippen LogP contribution in [0.1, 0.15) is 23.2 Å². The zero-order valence-electron chi connectivity index (χ0n) is 8.82. The summed E-state index contributed by atoms with van der Waals surface area (Å²) in [5.74, 6) is 0.242. The quantitative estimate of drug-likeness (QED) is 0.888. The van der Waals surface area contributed by atoms with Crippen LogP contribution in [0.5, 0.6) is 0 Å². The van der Waals surface area contributed by atoms with Crippen molar-refractivity contribution < 1.29 is 9.90 Å². The van der Waals surface area contributed by atoms with Gasteiger partial charge in [0.25, 0.3) is 5.91 Å². The summed E-state index contributed by atoms with van der Waals surface area (Å²) in [6.45, 7) is 0.338. The largest absolute Gasteiger partial charge is 0.391 e. The van der Waals surface area contributed by atoms with Gasteiger partial charge in [-0.15, -0.1) is 0 Å². The van der Waals surface area contributed by atoms with Gasteiger partial charge in [0.05, 0.1) is 11.7 Å². The van der Waals surface area contributed by atoms with Gasteiger partial charge in [-0.05, 0) is 46.8 Å². The topological polar surface area (TPSA) is 49.3 Å². The Morgan fingerprint density at radius 1 is 1.50 bits per heavy atom. The molecule has 0 bridgehead atoms. The number of aliphatic hydroxyl groups is 1. The zero-order valence-corrected chi connectivity index (χ0v) is 10.4. The summed E-state index contributed by atoms with van der Waals surface area (Å²) in [4.78, 5) is 11.8. The number of nitrogens with one attached hydrogen (secondary N) is 1. The first-order valence-electron chi connectivity index (χ1n) is 5.39. The van der Waals surface area contributed by atoms with Crippen molar-refractivity contribution in [3.05, 3.63) is 34.3 Å². The number of hydrogen-bond donors (Lipinski definition) is 2. The second-order valence-electron chi connectivity index (χ2n) is 4.09. The highest BCUT2D eigenvalue weighted by atomic mass is 79.9. The van der Waals surface area contributed by atoms with Crippen molar-refractivity contribution in [2.24, 2.45) is 5.92 Å². The van der Waals surface area contributed by atoms with E-state index in [0.29, 0.717) is 18.0 Å². The molecule has 1 amide bonds. The Morgan fingerprint density at radius 3 is 2.81 bits per heavy atom. The molecule has 1 aliphatic rings. The van der Waals surface area contributed by atoms with Crippen LogP contribution in [-0.4, -0.2) is 23.7 Å². The van der Waals surface area contributed by atoms with Crippen molar-refractivity contribution in [3.8, 4) is 0 Å². The van der Waals surface area contributed by atoms with Crippen molar-refractivity contribution in [2.75, 3.05) is 6.54 Å². The molecular formula is C12H14BrNO2. The molecule has 4 heteroatoms. The van der Waals surface area contributed by atoms with E-state index in [-0.39, 0.29) is 5.91 Å². The molecule has 2 N–H and O–H groups in total. The monoisotopic (exact) mass is 283 g/mol. The zero-order chi connectivity index (χ0) is 11.5. The molecule has 1 aromatic carbocycles. The van der Waals surface area contributed by atoms with E-state index >= 15 is 0 Å². The molecule has 86 valence electrons. The van der Waals surface area contributed by atoms with Gasteiger partial charge in [-0.1, -0.05) is 12.1 Å². The minimum absolute atomic E-state index is 0.146. The van der Waals surface area contributed by atoms with Gasteiger partial charge in [0.2, 0.25) is 0 Å². The molecule has 2 rings (SSSR count). The van der Waals surface area contributed by atoms with Crippen molar-refractivity contribution >= 4 is 21.8 Å². The van der Waals surface area contributed by atoms with Crippen molar-refractivity contribution in [1.29, 1.82) is 0 Å². The SMILES string of the molecule is O=C(NCC(O)C1CC1)c1ccccc1Br. The predicted octanol–water partition coefficient (Wildman–Crippen LogP) is 1.95. The lowest BCUT2D eigenvalue weighted by molar-refractivity contribution is 0.0900. The first-order chi connectivity index (χ1) is 7.68. The fourth-order valence-electron chi connectivity index (χ4n) is 1.59. The van der Waals surface area contributed by atoms with E-state index in [4.69, 9.17) is 0 Å². The molecule has 1 unspecified atom stereocenters. The van der Waals surface area contributed by atoms with E-state index in [1.807, 2.05) is 18.2 Å². The van der Waals surface area contributed by atoms with Crippen LogP contribution in [0.3, 0.4) is 0 Å². The molecule has 3 nitrogen and oxygen atoms in total. The Morgan fingerprint density at radius 2 is 2.19 bits per heavy atom. The van der Waals surface area contributed by atoms with Gasteiger partial charge in [-0.2, -0.15) is 0 Å². The van der Waals surface area contributed by atoms with E-state index in [0.717, 1.165) is 17.3 Å². The Labute approximate surface area is 103 Å². The van der Waals surface area contributed by atoms with Crippen LogP contribution in [0, 0.1) is 5.92 Å². The van der Waals surface area contributed by atoms with Gasteiger partial charge in [-0.3, -0.25) is 4.79 Å². The average Bonchev–Trinajstić information content (AvgIpc) is 3.10. The summed E-state index contributed by atoms with van der Waals surface area (Å²) < 4.78 is 0.772. The lowest BCUT2D eigenvalue weighted by atomic mass is 10.2. The number of carbonyl (C=O) groups excluding carboxylic acids is 1. The van der Waals surface area contributed by atoms with E-state index < -0.39 is 6.10 Å². The fraction of sp³-hybridized carbons (Fsp3) is 0.417. The van der Waals surface area contributed by atoms with E-state index in [1.54, 1.807) is 6.07 Å². The van der Waals surface area contributed by atoms with Crippen LogP contribution in [-0.2, 0) is 0 Å². The second kappa shape index (κ2) is 4.97. The first kappa shape index (κ1) is 11.6. The molecule has 1 atom stereocenters. The van der Waals surface area contributed by atoms with Crippen LogP contribution >= 0.6 is 15.9 Å². The molecule has 0 spiro atoms. The van der Waals surface area contributed by atoms with Crippen molar-refractivity contribution in [1.82, 2.24) is 5.32 Å². The van der Waals surface area contributed by atoms with Crippen molar-refractivity contribution in [3.63, 3.8) is 0 Å². The number of amides is 1. The molecule has 16 heavy (non-hydrogen) atoms. The minimum Gasteiger partial charge on any atom is -0.391 e. The van der Waals surface area contributed by atoms with Crippen LogP contribution in [0.15, 0.2) is 28.7 Å². The molecule has 0 saturated heterocycles. The molecule has 0 radical (unpaired) electrons. The molecule has 0 aliphatic heterocycles. The number of rotatable bonds is 4. The standard InChI is InChI=1S/C12H14BrNO2/c13-10-4-2-1-3-9(10)12(16)14-7-11(15)8-5-6-8/h1-4,8,11,15H,5-7H2,(H,14,16). The van der Waals surface area contributed by atoms with Gasteiger partial charge >= 0.3 is 0 Å². The van der Waals surface area contributed by atoms with Gasteiger partial charge < -0.3 is 10.4 Å². The highest BCUT2D eigenvalue weighted by Crippen LogP contribution is 2.32. The maximum Gasteiger partial charge on any atom is 0.252 e. The summed E-state index contributed by atoms with van der Waals surface area (Å²) in [5, 5.41) is 12.4. The van der Waals surface area contributed by atoms with Gasteiger partial charge in [0.1, 0.15) is 0 Å². The lowest BCUT2D eigenvalue weighted by Crippen LogP contribution is -2.33. The highest BCUT2D eigenvalue weighted by Gasteiger charge is 2.29.